The maximum absolute atomic E-state index is 14.0. The maximum atomic E-state index is 14.0. The van der Waals surface area contributed by atoms with Crippen molar-refractivity contribution < 1.29 is 48.5 Å². The molecule has 0 atom stereocenters. The lowest BCUT2D eigenvalue weighted by atomic mass is 9.83. The zero-order valence-corrected chi connectivity index (χ0v) is 30.1. The first-order valence-corrected chi connectivity index (χ1v) is 19.6. The van der Waals surface area contributed by atoms with Gasteiger partial charge in [0.05, 0.1) is 33.0 Å². The summed E-state index contributed by atoms with van der Waals surface area (Å²) in [7, 11) is -12.9. The van der Waals surface area contributed by atoms with Crippen LogP contribution in [0.4, 0.5) is 34.6 Å². The summed E-state index contributed by atoms with van der Waals surface area (Å²) in [6.45, 7) is 0. The average molecular weight is 809 g/mol. The largest absolute Gasteiger partial charge is 0.479 e. The number of aromatic nitrogens is 4. The minimum absolute atomic E-state index is 0.0359. The van der Waals surface area contributed by atoms with Gasteiger partial charge in [-0.3, -0.25) is 18.7 Å². The Hall–Kier alpha value is -6.34. The number of pyridine rings is 1. The molecular formula is C32H24N8O12S3. The van der Waals surface area contributed by atoms with Crippen LogP contribution in [0.15, 0.2) is 98.3 Å². The second-order valence-electron chi connectivity index (χ2n) is 11.7. The molecule has 0 radical (unpaired) electrons. The van der Waals surface area contributed by atoms with Gasteiger partial charge in [0.25, 0.3) is 25.8 Å². The van der Waals surface area contributed by atoms with Gasteiger partial charge < -0.3 is 25.6 Å². The molecule has 0 bridgehead atoms. The van der Waals surface area contributed by atoms with E-state index in [1.165, 1.54) is 28.8 Å². The highest BCUT2D eigenvalue weighted by molar-refractivity contribution is 7.87. The fourth-order valence-electron chi connectivity index (χ4n) is 6.00. The molecule has 0 spiro atoms. The third-order valence-corrected chi connectivity index (χ3v) is 11.3. The molecule has 0 amide bonds. The van der Waals surface area contributed by atoms with E-state index < -0.39 is 74.4 Å². The van der Waals surface area contributed by atoms with Crippen molar-refractivity contribution in [3.8, 4) is 17.1 Å². The second kappa shape index (κ2) is 13.2. The van der Waals surface area contributed by atoms with Crippen molar-refractivity contribution in [2.75, 3.05) is 16.0 Å². The Morgan fingerprint density at radius 1 is 0.691 bits per heavy atom. The number of rotatable bonds is 10. The van der Waals surface area contributed by atoms with Crippen molar-refractivity contribution in [1.82, 2.24) is 19.5 Å². The number of nitrogens with one attached hydrogen (secondary N) is 3. The molecule has 55 heavy (non-hydrogen) atoms. The number of hydrogen-bond donors (Lipinski definition) is 7. The summed E-state index contributed by atoms with van der Waals surface area (Å²) in [5.41, 5.74) is 0.920. The Bertz CT molecular complexity index is 3050. The monoisotopic (exact) mass is 808 g/mol. The first-order chi connectivity index (χ1) is 25.9. The standard InChI is InChI=1S/C32H24N8O12S3/c1-40-23-9-8-20(28-27(23)19(14-26(40)41)17-4-2-3-5-18(17)29(28)42)35-21-12-15(6-10-24(21)54(47,48)49)34-30-37-31(39-32(43)38-30)36-22-13-16(53(44,45)46)7-11-25(22)55(50,51)52-33/h2-14,35H,33H2,1H3,(H,44,45,46)(H,47,48,49)(H3,34,36,37,38,39,43). The van der Waals surface area contributed by atoms with Crippen molar-refractivity contribution in [3.05, 3.63) is 100 Å². The second-order valence-corrected chi connectivity index (χ2v) is 16.1. The highest BCUT2D eigenvalue weighted by Gasteiger charge is 2.30. The van der Waals surface area contributed by atoms with E-state index in [4.69, 9.17) is 5.90 Å². The Balaban J connectivity index is 1.29. The molecule has 2 aromatic heterocycles. The van der Waals surface area contributed by atoms with Gasteiger partial charge in [-0.15, -0.1) is 0 Å². The highest BCUT2D eigenvalue weighted by Crippen LogP contribution is 2.43. The predicted octanol–water partition coefficient (Wildman–Crippen LogP) is 2.94. The highest BCUT2D eigenvalue weighted by atomic mass is 32.2. The number of anilines is 6. The zero-order chi connectivity index (χ0) is 39.6. The lowest BCUT2D eigenvalue weighted by Gasteiger charge is -2.24. The van der Waals surface area contributed by atoms with Crippen molar-refractivity contribution in [2.24, 2.45) is 12.9 Å². The molecule has 8 N–H and O–H groups in total. The third kappa shape index (κ3) is 6.82. The number of hydrogen-bond acceptors (Lipinski definition) is 17. The van der Waals surface area contributed by atoms with Gasteiger partial charge in [0, 0.05) is 29.8 Å². The molecule has 23 heteroatoms. The Morgan fingerprint density at radius 2 is 1.35 bits per heavy atom. The number of aromatic hydroxyl groups is 1. The van der Waals surface area contributed by atoms with Crippen LogP contribution in [0, 0.1) is 0 Å². The van der Waals surface area contributed by atoms with Crippen LogP contribution < -0.4 is 27.4 Å². The van der Waals surface area contributed by atoms with Gasteiger partial charge in [0.1, 0.15) is 9.79 Å². The molecule has 0 fully saturated rings. The minimum Gasteiger partial charge on any atom is -0.479 e. The number of carbonyl (C=O) groups excluding carboxylic acids is 1. The van der Waals surface area contributed by atoms with E-state index in [0.29, 0.717) is 33.7 Å². The van der Waals surface area contributed by atoms with Crippen LogP contribution in [0.5, 0.6) is 6.01 Å². The lowest BCUT2D eigenvalue weighted by molar-refractivity contribution is 0.104. The fraction of sp³-hybridized carbons (Fsp3) is 0.0312. The van der Waals surface area contributed by atoms with E-state index in [1.54, 1.807) is 37.4 Å². The SMILES string of the molecule is Cn1c(=O)cc2c3c(c(Nc4cc(Nc5nc(O)nc(Nc6cc(S(=O)(=O)O)ccc6S(=O)(=O)ON)n5)ccc4S(=O)(=O)O)ccc31)C(=O)c1ccccc1-2. The van der Waals surface area contributed by atoms with Gasteiger partial charge in [0.15, 0.2) is 5.78 Å². The molecule has 20 nitrogen and oxygen atoms in total. The quantitative estimate of drug-likeness (QED) is 0.0771. The van der Waals surface area contributed by atoms with Gasteiger partial charge in [-0.1, -0.05) is 24.3 Å². The van der Waals surface area contributed by atoms with E-state index in [0.717, 1.165) is 18.2 Å². The molecule has 7 rings (SSSR count). The van der Waals surface area contributed by atoms with Crippen molar-refractivity contribution in [1.29, 1.82) is 0 Å². The number of benzene rings is 4. The van der Waals surface area contributed by atoms with Gasteiger partial charge in [-0.25, -0.2) is 0 Å². The lowest BCUT2D eigenvalue weighted by Crippen LogP contribution is -2.21. The third-order valence-electron chi connectivity index (χ3n) is 8.40. The molecule has 6 aromatic rings. The topological polar surface area (TPSA) is 312 Å². The van der Waals surface area contributed by atoms with E-state index >= 15 is 0 Å². The summed E-state index contributed by atoms with van der Waals surface area (Å²) < 4.78 is 98.4. The van der Waals surface area contributed by atoms with Gasteiger partial charge in [-0.2, -0.15) is 50.4 Å². The van der Waals surface area contributed by atoms with Crippen LogP contribution in [0.2, 0.25) is 0 Å². The first kappa shape index (κ1) is 37.0. The molecule has 0 unspecified atom stereocenters. The number of nitrogens with two attached hydrogens (primary N) is 1. The van der Waals surface area contributed by atoms with Crippen LogP contribution in [0.3, 0.4) is 0 Å². The molecule has 282 valence electrons. The average Bonchev–Trinajstić information content (AvgIpc) is 3.11. The van der Waals surface area contributed by atoms with Crippen LogP contribution in [-0.2, 0) is 41.7 Å². The summed E-state index contributed by atoms with van der Waals surface area (Å²) in [6, 6.07) is 15.9. The van der Waals surface area contributed by atoms with Crippen LogP contribution >= 0.6 is 0 Å². The van der Waals surface area contributed by atoms with Crippen LogP contribution in [0.1, 0.15) is 15.9 Å². The maximum Gasteiger partial charge on any atom is 0.320 e. The number of aryl methyl sites for hydroxylation is 1. The van der Waals surface area contributed by atoms with Crippen molar-refractivity contribution >= 4 is 81.7 Å². The smallest absolute Gasteiger partial charge is 0.320 e. The fourth-order valence-corrected chi connectivity index (χ4v) is 7.85. The molecule has 0 saturated heterocycles. The molecule has 0 saturated carbocycles. The summed E-state index contributed by atoms with van der Waals surface area (Å²) in [5, 5.41) is 18.7. The minimum atomic E-state index is -4.90. The van der Waals surface area contributed by atoms with Crippen LogP contribution in [-0.4, -0.2) is 64.8 Å². The van der Waals surface area contributed by atoms with Gasteiger partial charge >= 0.3 is 16.1 Å². The van der Waals surface area contributed by atoms with E-state index in [2.05, 4.69) is 35.2 Å². The summed E-state index contributed by atoms with van der Waals surface area (Å²) in [5.74, 6) is 3.47. The summed E-state index contributed by atoms with van der Waals surface area (Å²) in [4.78, 5) is 36.2. The van der Waals surface area contributed by atoms with E-state index in [1.807, 2.05) is 0 Å². The molecule has 0 aliphatic heterocycles. The van der Waals surface area contributed by atoms with Crippen molar-refractivity contribution in [3.63, 3.8) is 0 Å². The van der Waals surface area contributed by atoms with Gasteiger partial charge in [-0.05, 0) is 59.7 Å². The van der Waals surface area contributed by atoms with E-state index in [9.17, 15) is 49.1 Å². The Morgan fingerprint density at radius 3 is 2.02 bits per heavy atom. The molecular weight excluding hydrogens is 785 g/mol. The molecule has 2 heterocycles. The van der Waals surface area contributed by atoms with E-state index in [-0.39, 0.29) is 28.2 Å². The molecule has 4 aromatic carbocycles. The number of nitrogens with zero attached hydrogens (tertiary/aromatic N) is 4. The summed E-state index contributed by atoms with van der Waals surface area (Å²) in [6.07, 6.45) is 0. The van der Waals surface area contributed by atoms with Gasteiger partial charge in [0.2, 0.25) is 11.9 Å². The number of carbonyl (C=O) groups is 1. The number of ketones is 1. The Labute approximate surface area is 309 Å². The zero-order valence-electron chi connectivity index (χ0n) is 27.6. The Kier molecular flexibility index (Phi) is 8.88. The van der Waals surface area contributed by atoms with Crippen LogP contribution in [0.25, 0.3) is 22.0 Å². The normalized spacial score (nSPS) is 12.7. The first-order valence-electron chi connectivity index (χ1n) is 15.3. The molecule has 1 aliphatic carbocycles. The number of fused-ring (bicyclic) bond motifs is 2. The van der Waals surface area contributed by atoms with Crippen molar-refractivity contribution in [2.45, 2.75) is 14.7 Å². The predicted molar refractivity (Wildman–Crippen MR) is 194 cm³/mol. The molecule has 1 aliphatic rings. The summed E-state index contributed by atoms with van der Waals surface area (Å²) >= 11 is 0.